The summed E-state index contributed by atoms with van der Waals surface area (Å²) in [5.41, 5.74) is 5.61. The van der Waals surface area contributed by atoms with Gasteiger partial charge < -0.3 is 10.3 Å². The highest BCUT2D eigenvalue weighted by atomic mass is 35.5. The number of nitro benzene ring substituents is 1. The van der Waals surface area contributed by atoms with Gasteiger partial charge >= 0.3 is 5.69 Å². The quantitative estimate of drug-likeness (QED) is 0.674. The minimum absolute atomic E-state index is 0. The minimum Gasteiger partial charge on any atom is -0.334 e. The molecule has 0 saturated heterocycles. The zero-order chi connectivity index (χ0) is 15.0. The number of halogens is 2. The summed E-state index contributed by atoms with van der Waals surface area (Å²) < 4.78 is 5.17. The number of hydrogen-bond donors (Lipinski definition) is 1. The van der Waals surface area contributed by atoms with Gasteiger partial charge in [0.2, 0.25) is 0 Å². The van der Waals surface area contributed by atoms with Crippen LogP contribution >= 0.6 is 24.0 Å². The molecular formula is C13H14Cl2N4O3. The van der Waals surface area contributed by atoms with Gasteiger partial charge in [-0.1, -0.05) is 35.7 Å². The number of aromatic nitrogens is 2. The van der Waals surface area contributed by atoms with Gasteiger partial charge in [-0.25, -0.2) is 0 Å². The Morgan fingerprint density at radius 3 is 2.68 bits per heavy atom. The van der Waals surface area contributed by atoms with Crippen LogP contribution in [0.2, 0.25) is 5.02 Å². The van der Waals surface area contributed by atoms with E-state index >= 15 is 0 Å². The zero-order valence-corrected chi connectivity index (χ0v) is 13.1. The van der Waals surface area contributed by atoms with E-state index in [4.69, 9.17) is 21.9 Å². The first-order valence-electron chi connectivity index (χ1n) is 6.58. The highest BCUT2D eigenvalue weighted by Gasteiger charge is 2.36. The molecule has 0 aliphatic heterocycles. The molecule has 0 bridgehead atoms. The second-order valence-corrected chi connectivity index (χ2v) is 5.59. The lowest BCUT2D eigenvalue weighted by molar-refractivity contribution is -0.384. The lowest BCUT2D eigenvalue weighted by atomic mass is 9.98. The van der Waals surface area contributed by atoms with Crippen LogP contribution in [0.5, 0.6) is 0 Å². The van der Waals surface area contributed by atoms with Crippen molar-refractivity contribution in [2.45, 2.75) is 31.2 Å². The number of rotatable bonds is 3. The second kappa shape index (κ2) is 6.20. The molecule has 1 aromatic heterocycles. The van der Waals surface area contributed by atoms with Gasteiger partial charge in [-0.2, -0.15) is 4.98 Å². The first-order chi connectivity index (χ1) is 10.0. The summed E-state index contributed by atoms with van der Waals surface area (Å²) in [5, 5.41) is 15.1. The van der Waals surface area contributed by atoms with Gasteiger partial charge in [0.1, 0.15) is 10.6 Å². The van der Waals surface area contributed by atoms with Gasteiger partial charge in [0, 0.05) is 0 Å². The van der Waals surface area contributed by atoms with Crippen LogP contribution in [0.15, 0.2) is 22.7 Å². The average Bonchev–Trinajstić information content (AvgIpc) is 3.07. The SMILES string of the molecule is Cl.NC1(c2noc(-c3cccc(Cl)c3[N+](=O)[O-])n2)CCCC1. The third-order valence-electron chi connectivity index (χ3n) is 3.77. The fourth-order valence-corrected chi connectivity index (χ4v) is 2.88. The van der Waals surface area contributed by atoms with Gasteiger partial charge in [0.25, 0.3) is 5.89 Å². The maximum absolute atomic E-state index is 11.1. The van der Waals surface area contributed by atoms with Crippen LogP contribution in [-0.2, 0) is 5.54 Å². The topological polar surface area (TPSA) is 108 Å². The van der Waals surface area contributed by atoms with E-state index in [1.165, 1.54) is 12.1 Å². The molecule has 0 radical (unpaired) electrons. The Bertz CT molecular complexity index is 698. The summed E-state index contributed by atoms with van der Waals surface area (Å²) in [6.45, 7) is 0. The summed E-state index contributed by atoms with van der Waals surface area (Å²) in [5.74, 6) is 0.459. The van der Waals surface area contributed by atoms with Gasteiger partial charge in [0.15, 0.2) is 5.82 Å². The Kier molecular flexibility index (Phi) is 4.69. The van der Waals surface area contributed by atoms with Crippen LogP contribution in [0.4, 0.5) is 5.69 Å². The Hall–Kier alpha value is -1.70. The predicted octanol–water partition coefficient (Wildman–Crippen LogP) is 3.45. The van der Waals surface area contributed by atoms with E-state index in [1.807, 2.05) is 0 Å². The highest BCUT2D eigenvalue weighted by molar-refractivity contribution is 6.33. The van der Waals surface area contributed by atoms with Gasteiger partial charge in [0.05, 0.1) is 10.5 Å². The molecule has 1 aliphatic rings. The molecule has 1 aliphatic carbocycles. The number of benzene rings is 1. The van der Waals surface area contributed by atoms with Crippen LogP contribution in [-0.4, -0.2) is 15.1 Å². The molecule has 1 saturated carbocycles. The predicted molar refractivity (Wildman–Crippen MR) is 83.0 cm³/mol. The zero-order valence-electron chi connectivity index (χ0n) is 11.5. The Balaban J connectivity index is 0.00000176. The molecular weight excluding hydrogens is 331 g/mol. The fourth-order valence-electron chi connectivity index (χ4n) is 2.64. The van der Waals surface area contributed by atoms with Gasteiger partial charge in [-0.05, 0) is 25.0 Å². The highest BCUT2D eigenvalue weighted by Crippen LogP contribution is 2.38. The maximum atomic E-state index is 11.1. The Morgan fingerprint density at radius 2 is 2.05 bits per heavy atom. The summed E-state index contributed by atoms with van der Waals surface area (Å²) in [7, 11) is 0. The number of hydrogen-bond acceptors (Lipinski definition) is 6. The van der Waals surface area contributed by atoms with E-state index in [-0.39, 0.29) is 34.6 Å². The fraction of sp³-hybridized carbons (Fsp3) is 0.385. The molecule has 2 N–H and O–H groups in total. The minimum atomic E-state index is -0.602. The van der Waals surface area contributed by atoms with Crippen molar-refractivity contribution in [2.75, 3.05) is 0 Å². The standard InChI is InChI=1S/C13H13ClN4O3.ClH/c14-9-5-3-4-8(10(9)18(19)20)11-16-12(17-21-11)13(15)6-1-2-7-13;/h3-5H,1-2,6-7,15H2;1H. The molecule has 3 rings (SSSR count). The molecule has 118 valence electrons. The lowest BCUT2D eigenvalue weighted by Crippen LogP contribution is -2.34. The van der Waals surface area contributed by atoms with Crippen molar-refractivity contribution in [3.8, 4) is 11.5 Å². The van der Waals surface area contributed by atoms with Crippen molar-refractivity contribution in [1.29, 1.82) is 0 Å². The van der Waals surface area contributed by atoms with Crippen LogP contribution in [0.25, 0.3) is 11.5 Å². The molecule has 1 heterocycles. The molecule has 0 atom stereocenters. The van der Waals surface area contributed by atoms with Crippen molar-refractivity contribution in [2.24, 2.45) is 5.73 Å². The smallest absolute Gasteiger partial charge is 0.300 e. The summed E-state index contributed by atoms with van der Waals surface area (Å²) in [6, 6.07) is 4.57. The monoisotopic (exact) mass is 344 g/mol. The van der Waals surface area contributed by atoms with E-state index in [2.05, 4.69) is 10.1 Å². The number of nitrogens with zero attached hydrogens (tertiary/aromatic N) is 3. The molecule has 0 spiro atoms. The van der Waals surface area contributed by atoms with Gasteiger partial charge in [-0.3, -0.25) is 10.1 Å². The normalized spacial score (nSPS) is 16.3. The summed E-state index contributed by atoms with van der Waals surface area (Å²) >= 11 is 5.88. The van der Waals surface area contributed by atoms with E-state index in [9.17, 15) is 10.1 Å². The van der Waals surface area contributed by atoms with Crippen molar-refractivity contribution >= 4 is 29.7 Å². The van der Waals surface area contributed by atoms with Crippen molar-refractivity contribution in [1.82, 2.24) is 10.1 Å². The van der Waals surface area contributed by atoms with E-state index in [1.54, 1.807) is 6.07 Å². The van der Waals surface area contributed by atoms with E-state index in [0.29, 0.717) is 5.82 Å². The number of nitrogens with two attached hydrogens (primary N) is 1. The first kappa shape index (κ1) is 16.7. The molecule has 22 heavy (non-hydrogen) atoms. The largest absolute Gasteiger partial charge is 0.334 e. The van der Waals surface area contributed by atoms with Crippen molar-refractivity contribution in [3.05, 3.63) is 39.2 Å². The maximum Gasteiger partial charge on any atom is 0.300 e. The van der Waals surface area contributed by atoms with E-state index in [0.717, 1.165) is 25.7 Å². The van der Waals surface area contributed by atoms with Crippen LogP contribution in [0.1, 0.15) is 31.5 Å². The Labute approximate surface area is 137 Å². The second-order valence-electron chi connectivity index (χ2n) is 5.18. The molecule has 9 heteroatoms. The number of nitro groups is 1. The van der Waals surface area contributed by atoms with Crippen LogP contribution < -0.4 is 5.73 Å². The van der Waals surface area contributed by atoms with E-state index < -0.39 is 10.5 Å². The molecule has 0 unspecified atom stereocenters. The summed E-state index contributed by atoms with van der Waals surface area (Å²) in [6.07, 6.45) is 3.59. The third-order valence-corrected chi connectivity index (χ3v) is 4.07. The first-order valence-corrected chi connectivity index (χ1v) is 6.95. The average molecular weight is 345 g/mol. The summed E-state index contributed by atoms with van der Waals surface area (Å²) in [4.78, 5) is 14.8. The van der Waals surface area contributed by atoms with Crippen LogP contribution in [0, 0.1) is 10.1 Å². The Morgan fingerprint density at radius 1 is 1.36 bits per heavy atom. The number of para-hydroxylation sites is 1. The van der Waals surface area contributed by atoms with Crippen molar-refractivity contribution in [3.63, 3.8) is 0 Å². The van der Waals surface area contributed by atoms with Crippen molar-refractivity contribution < 1.29 is 9.45 Å². The molecule has 7 nitrogen and oxygen atoms in total. The molecule has 2 aromatic rings. The molecule has 0 amide bonds. The third kappa shape index (κ3) is 2.79. The van der Waals surface area contributed by atoms with Gasteiger partial charge in [-0.15, -0.1) is 12.4 Å². The van der Waals surface area contributed by atoms with Crippen LogP contribution in [0.3, 0.4) is 0 Å². The molecule has 1 fully saturated rings. The molecule has 1 aromatic carbocycles. The lowest BCUT2D eigenvalue weighted by Gasteiger charge is -2.17.